The van der Waals surface area contributed by atoms with Crippen LogP contribution in [0.15, 0.2) is 51.8 Å². The molecule has 1 saturated carbocycles. The standard InChI is InChI=1S/C23H18F2N4O2/c1-12-3-6-15(16(24)9-12)20-21(29-8-7-17(14-4-5-14)27-23(29)30)28-22(31-20)18-10-13(2)11-19(25)26-18/h3,6-11,14H,4-5H2,1-2H3. The Morgan fingerprint density at radius 1 is 1.00 bits per heavy atom. The van der Waals surface area contributed by atoms with Crippen LogP contribution in [0.25, 0.3) is 28.7 Å². The van der Waals surface area contributed by atoms with E-state index in [2.05, 4.69) is 15.0 Å². The molecule has 0 atom stereocenters. The van der Waals surface area contributed by atoms with E-state index in [1.165, 1.54) is 16.7 Å². The molecule has 3 heterocycles. The Bertz CT molecular complexity index is 1350. The van der Waals surface area contributed by atoms with Gasteiger partial charge in [-0.15, -0.1) is 0 Å². The second-order valence-electron chi connectivity index (χ2n) is 7.79. The molecule has 31 heavy (non-hydrogen) atoms. The first kappa shape index (κ1) is 19.3. The number of rotatable bonds is 4. The van der Waals surface area contributed by atoms with Gasteiger partial charge < -0.3 is 4.42 Å². The van der Waals surface area contributed by atoms with E-state index in [1.54, 1.807) is 44.3 Å². The molecule has 3 aromatic heterocycles. The molecule has 156 valence electrons. The maximum absolute atomic E-state index is 14.8. The number of oxazole rings is 1. The molecular formula is C23H18F2N4O2. The van der Waals surface area contributed by atoms with Gasteiger partial charge in [0.2, 0.25) is 11.8 Å². The normalized spacial score (nSPS) is 13.5. The van der Waals surface area contributed by atoms with Crippen LogP contribution in [0.1, 0.15) is 35.6 Å². The minimum Gasteiger partial charge on any atom is -0.432 e. The van der Waals surface area contributed by atoms with Crippen molar-refractivity contribution in [1.82, 2.24) is 19.5 Å². The summed E-state index contributed by atoms with van der Waals surface area (Å²) in [6, 6.07) is 9.28. The number of pyridine rings is 1. The lowest BCUT2D eigenvalue weighted by Gasteiger charge is -2.06. The van der Waals surface area contributed by atoms with Crippen molar-refractivity contribution in [3.63, 3.8) is 0 Å². The lowest BCUT2D eigenvalue weighted by atomic mass is 10.1. The fourth-order valence-corrected chi connectivity index (χ4v) is 3.48. The summed E-state index contributed by atoms with van der Waals surface area (Å²) in [5.74, 6) is -0.816. The predicted octanol–water partition coefficient (Wildman–Crippen LogP) is 4.72. The van der Waals surface area contributed by atoms with Gasteiger partial charge >= 0.3 is 5.69 Å². The monoisotopic (exact) mass is 420 g/mol. The molecule has 0 saturated heterocycles. The molecule has 0 radical (unpaired) electrons. The maximum atomic E-state index is 14.8. The van der Waals surface area contributed by atoms with Crippen molar-refractivity contribution in [2.75, 3.05) is 0 Å². The van der Waals surface area contributed by atoms with Crippen LogP contribution in [0.5, 0.6) is 0 Å². The van der Waals surface area contributed by atoms with Gasteiger partial charge in [-0.1, -0.05) is 6.07 Å². The van der Waals surface area contributed by atoms with Crippen molar-refractivity contribution in [3.05, 3.63) is 81.7 Å². The van der Waals surface area contributed by atoms with Crippen molar-refractivity contribution >= 4 is 0 Å². The van der Waals surface area contributed by atoms with Crippen LogP contribution in [0, 0.1) is 25.6 Å². The molecule has 0 unspecified atom stereocenters. The summed E-state index contributed by atoms with van der Waals surface area (Å²) >= 11 is 0. The summed E-state index contributed by atoms with van der Waals surface area (Å²) in [5, 5.41) is 0. The van der Waals surface area contributed by atoms with Gasteiger partial charge in [0.25, 0.3) is 0 Å². The van der Waals surface area contributed by atoms with Crippen molar-refractivity contribution in [2.45, 2.75) is 32.6 Å². The van der Waals surface area contributed by atoms with E-state index in [-0.39, 0.29) is 28.7 Å². The molecule has 0 aliphatic heterocycles. The highest BCUT2D eigenvalue weighted by Gasteiger charge is 2.27. The fourth-order valence-electron chi connectivity index (χ4n) is 3.48. The van der Waals surface area contributed by atoms with E-state index >= 15 is 0 Å². The summed E-state index contributed by atoms with van der Waals surface area (Å²) in [7, 11) is 0. The molecule has 1 aliphatic carbocycles. The highest BCUT2D eigenvalue weighted by molar-refractivity contribution is 5.69. The number of halogens is 2. The zero-order chi connectivity index (χ0) is 21.7. The minimum absolute atomic E-state index is 0.0225. The molecule has 1 fully saturated rings. The van der Waals surface area contributed by atoms with Gasteiger partial charge in [0.1, 0.15) is 11.5 Å². The molecule has 5 rings (SSSR count). The van der Waals surface area contributed by atoms with Crippen LogP contribution in [-0.4, -0.2) is 19.5 Å². The molecule has 1 aromatic carbocycles. The molecule has 0 spiro atoms. The number of nitrogens with zero attached hydrogens (tertiary/aromatic N) is 4. The van der Waals surface area contributed by atoms with E-state index < -0.39 is 17.5 Å². The van der Waals surface area contributed by atoms with Crippen molar-refractivity contribution in [2.24, 2.45) is 0 Å². The van der Waals surface area contributed by atoms with Crippen molar-refractivity contribution in [3.8, 4) is 28.7 Å². The van der Waals surface area contributed by atoms with Crippen LogP contribution >= 0.6 is 0 Å². The average Bonchev–Trinajstić information content (AvgIpc) is 3.47. The first-order valence-corrected chi connectivity index (χ1v) is 9.91. The molecule has 6 nitrogen and oxygen atoms in total. The molecule has 1 aliphatic rings. The Balaban J connectivity index is 1.72. The largest absolute Gasteiger partial charge is 0.432 e. The third-order valence-electron chi connectivity index (χ3n) is 5.19. The Morgan fingerprint density at radius 3 is 2.48 bits per heavy atom. The SMILES string of the molecule is Cc1cc(F)nc(-c2nc(-n3ccc(C4CC4)nc3=O)c(-c3ccc(C)cc3F)o2)c1. The van der Waals surface area contributed by atoms with Crippen LogP contribution in [0.3, 0.4) is 0 Å². The first-order valence-electron chi connectivity index (χ1n) is 9.91. The molecule has 0 bridgehead atoms. The topological polar surface area (TPSA) is 73.8 Å². The lowest BCUT2D eigenvalue weighted by Crippen LogP contribution is -2.22. The van der Waals surface area contributed by atoms with Gasteiger partial charge in [-0.25, -0.2) is 18.7 Å². The highest BCUT2D eigenvalue weighted by Crippen LogP contribution is 2.38. The summed E-state index contributed by atoms with van der Waals surface area (Å²) in [6.45, 7) is 3.48. The third kappa shape index (κ3) is 3.65. The average molecular weight is 420 g/mol. The smallest absolute Gasteiger partial charge is 0.353 e. The summed E-state index contributed by atoms with van der Waals surface area (Å²) in [6.07, 6.45) is 3.58. The molecule has 0 amide bonds. The summed E-state index contributed by atoms with van der Waals surface area (Å²) in [4.78, 5) is 25.1. The molecule has 4 aromatic rings. The number of hydrogen-bond donors (Lipinski definition) is 0. The van der Waals surface area contributed by atoms with Gasteiger partial charge in [0.15, 0.2) is 11.6 Å². The van der Waals surface area contributed by atoms with Crippen LogP contribution in [-0.2, 0) is 0 Å². The van der Waals surface area contributed by atoms with Gasteiger partial charge in [-0.3, -0.25) is 0 Å². The van der Waals surface area contributed by atoms with E-state index in [1.807, 2.05) is 0 Å². The maximum Gasteiger partial charge on any atom is 0.353 e. The number of aromatic nitrogens is 4. The zero-order valence-electron chi connectivity index (χ0n) is 16.9. The molecular weight excluding hydrogens is 402 g/mol. The molecule has 0 N–H and O–H groups in total. The summed E-state index contributed by atoms with van der Waals surface area (Å²) in [5.41, 5.74) is 1.83. The van der Waals surface area contributed by atoms with E-state index in [4.69, 9.17) is 4.42 Å². The van der Waals surface area contributed by atoms with Crippen LogP contribution in [0.4, 0.5) is 8.78 Å². The fraction of sp³-hybridized carbons (Fsp3) is 0.217. The van der Waals surface area contributed by atoms with Crippen molar-refractivity contribution < 1.29 is 13.2 Å². The zero-order valence-corrected chi connectivity index (χ0v) is 16.9. The van der Waals surface area contributed by atoms with Crippen molar-refractivity contribution in [1.29, 1.82) is 0 Å². The van der Waals surface area contributed by atoms with Gasteiger partial charge in [0.05, 0.1) is 11.3 Å². The first-order chi connectivity index (χ1) is 14.9. The highest BCUT2D eigenvalue weighted by atomic mass is 19.1. The third-order valence-corrected chi connectivity index (χ3v) is 5.19. The van der Waals surface area contributed by atoms with E-state index in [0.717, 1.165) is 24.1 Å². The van der Waals surface area contributed by atoms with Gasteiger partial charge in [-0.05, 0) is 68.1 Å². The Kier molecular flexibility index (Phi) is 4.50. The summed E-state index contributed by atoms with van der Waals surface area (Å²) < 4.78 is 35.7. The number of aryl methyl sites for hydroxylation is 2. The number of hydrogen-bond acceptors (Lipinski definition) is 5. The lowest BCUT2D eigenvalue weighted by molar-refractivity contribution is 0.559. The molecule has 8 heteroatoms. The van der Waals surface area contributed by atoms with Gasteiger partial charge in [0, 0.05) is 12.1 Å². The predicted molar refractivity (Wildman–Crippen MR) is 110 cm³/mol. The Labute approximate surface area is 176 Å². The Morgan fingerprint density at radius 2 is 1.81 bits per heavy atom. The van der Waals surface area contributed by atoms with Crippen LogP contribution < -0.4 is 5.69 Å². The van der Waals surface area contributed by atoms with Crippen LogP contribution in [0.2, 0.25) is 0 Å². The number of benzene rings is 1. The minimum atomic E-state index is -0.689. The quantitative estimate of drug-likeness (QED) is 0.447. The van der Waals surface area contributed by atoms with E-state index in [0.29, 0.717) is 11.5 Å². The Hall–Kier alpha value is -3.68. The second-order valence-corrected chi connectivity index (χ2v) is 7.79. The van der Waals surface area contributed by atoms with Gasteiger partial charge in [-0.2, -0.15) is 14.4 Å². The second kappa shape index (κ2) is 7.23. The van der Waals surface area contributed by atoms with E-state index in [9.17, 15) is 13.6 Å².